The summed E-state index contributed by atoms with van der Waals surface area (Å²) in [6.45, 7) is 1.89. The highest BCUT2D eigenvalue weighted by molar-refractivity contribution is 5.66. The van der Waals surface area contributed by atoms with Gasteiger partial charge in [0, 0.05) is 19.6 Å². The first-order valence-electron chi connectivity index (χ1n) is 6.15. The molecule has 1 aromatic rings. The summed E-state index contributed by atoms with van der Waals surface area (Å²) < 4.78 is 12.8. The van der Waals surface area contributed by atoms with Crippen molar-refractivity contribution in [3.8, 4) is 0 Å². The minimum atomic E-state index is -0.675. The molecule has 0 amide bonds. The van der Waals surface area contributed by atoms with Crippen molar-refractivity contribution >= 4 is 5.57 Å². The molecule has 0 aromatic heterocycles. The van der Waals surface area contributed by atoms with Crippen LogP contribution in [0.4, 0.5) is 4.39 Å². The monoisotopic (exact) mass is 251 g/mol. The number of rotatable bonds is 4. The molecule has 98 valence electrons. The first-order chi connectivity index (χ1) is 8.69. The number of halogens is 1. The van der Waals surface area contributed by atoms with E-state index in [1.807, 2.05) is 0 Å². The quantitative estimate of drug-likeness (QED) is 0.847. The Labute approximate surface area is 106 Å². The molecule has 1 heterocycles. The van der Waals surface area contributed by atoms with Gasteiger partial charge in [-0.15, -0.1) is 0 Å². The van der Waals surface area contributed by atoms with E-state index < -0.39 is 6.10 Å². The Balaban J connectivity index is 1.96. The maximum Gasteiger partial charge on any atom is 0.123 e. The standard InChI is InChI=1S/C14H18FNO2/c15-13-3-1-11(2-4-13)12-5-7-16(8-6-12)9-14(18)10-17/h1-5,14,17-18H,6-10H2. The number of hydrogen-bond donors (Lipinski definition) is 2. The van der Waals surface area contributed by atoms with Crippen molar-refractivity contribution in [3.63, 3.8) is 0 Å². The van der Waals surface area contributed by atoms with E-state index in [1.54, 1.807) is 12.1 Å². The third-order valence-electron chi connectivity index (χ3n) is 3.19. The van der Waals surface area contributed by atoms with Gasteiger partial charge in [-0.2, -0.15) is 0 Å². The first-order valence-corrected chi connectivity index (χ1v) is 6.15. The minimum Gasteiger partial charge on any atom is -0.394 e. The van der Waals surface area contributed by atoms with Crippen molar-refractivity contribution in [1.82, 2.24) is 4.90 Å². The lowest BCUT2D eigenvalue weighted by Gasteiger charge is -2.27. The third kappa shape index (κ3) is 3.38. The van der Waals surface area contributed by atoms with Gasteiger partial charge in [0.2, 0.25) is 0 Å². The van der Waals surface area contributed by atoms with Crippen LogP contribution >= 0.6 is 0 Å². The lowest BCUT2D eigenvalue weighted by Crippen LogP contribution is -2.36. The van der Waals surface area contributed by atoms with Gasteiger partial charge in [0.25, 0.3) is 0 Å². The molecule has 0 bridgehead atoms. The second kappa shape index (κ2) is 6.09. The van der Waals surface area contributed by atoms with Crippen molar-refractivity contribution in [2.75, 3.05) is 26.2 Å². The Hall–Kier alpha value is -1.23. The molecule has 1 atom stereocenters. The normalized spacial score (nSPS) is 18.5. The van der Waals surface area contributed by atoms with E-state index in [-0.39, 0.29) is 12.4 Å². The molecule has 0 fully saturated rings. The zero-order chi connectivity index (χ0) is 13.0. The van der Waals surface area contributed by atoms with Crippen molar-refractivity contribution in [2.45, 2.75) is 12.5 Å². The second-order valence-corrected chi connectivity index (χ2v) is 4.58. The molecular formula is C14H18FNO2. The van der Waals surface area contributed by atoms with Gasteiger partial charge < -0.3 is 10.2 Å². The molecule has 0 saturated heterocycles. The summed E-state index contributed by atoms with van der Waals surface area (Å²) in [4.78, 5) is 2.09. The fraction of sp³-hybridized carbons (Fsp3) is 0.429. The molecule has 0 aliphatic carbocycles. The highest BCUT2D eigenvalue weighted by Crippen LogP contribution is 2.22. The largest absolute Gasteiger partial charge is 0.394 e. The summed E-state index contributed by atoms with van der Waals surface area (Å²) in [5.41, 5.74) is 2.27. The molecule has 3 nitrogen and oxygen atoms in total. The molecule has 1 aliphatic rings. The Morgan fingerprint density at radius 1 is 1.28 bits per heavy atom. The summed E-state index contributed by atoms with van der Waals surface area (Å²) in [5.74, 6) is -0.220. The highest BCUT2D eigenvalue weighted by Gasteiger charge is 2.15. The highest BCUT2D eigenvalue weighted by atomic mass is 19.1. The molecule has 0 saturated carbocycles. The average molecular weight is 251 g/mol. The average Bonchev–Trinajstić information content (AvgIpc) is 2.40. The van der Waals surface area contributed by atoms with Crippen LogP contribution in [0.1, 0.15) is 12.0 Å². The van der Waals surface area contributed by atoms with Crippen LogP contribution in [-0.4, -0.2) is 47.5 Å². The van der Waals surface area contributed by atoms with E-state index in [0.717, 1.165) is 25.1 Å². The van der Waals surface area contributed by atoms with E-state index in [9.17, 15) is 9.50 Å². The maximum absolute atomic E-state index is 12.8. The maximum atomic E-state index is 12.8. The Morgan fingerprint density at radius 3 is 2.56 bits per heavy atom. The van der Waals surface area contributed by atoms with Crippen LogP contribution in [0.25, 0.3) is 5.57 Å². The van der Waals surface area contributed by atoms with E-state index >= 15 is 0 Å². The minimum absolute atomic E-state index is 0.203. The van der Waals surface area contributed by atoms with Crippen LogP contribution in [0.2, 0.25) is 0 Å². The molecular weight excluding hydrogens is 233 g/mol. The van der Waals surface area contributed by atoms with Crippen molar-refractivity contribution < 1.29 is 14.6 Å². The van der Waals surface area contributed by atoms with Gasteiger partial charge in [0.1, 0.15) is 5.82 Å². The van der Waals surface area contributed by atoms with Crippen LogP contribution in [-0.2, 0) is 0 Å². The van der Waals surface area contributed by atoms with E-state index in [1.165, 1.54) is 17.7 Å². The lowest BCUT2D eigenvalue weighted by atomic mass is 9.99. The van der Waals surface area contributed by atoms with Gasteiger partial charge >= 0.3 is 0 Å². The van der Waals surface area contributed by atoms with Gasteiger partial charge in [-0.3, -0.25) is 4.90 Å². The first kappa shape index (κ1) is 13.2. The summed E-state index contributed by atoms with van der Waals surface area (Å²) >= 11 is 0. The molecule has 4 heteroatoms. The zero-order valence-corrected chi connectivity index (χ0v) is 10.2. The summed E-state index contributed by atoms with van der Waals surface area (Å²) in [7, 11) is 0. The number of aliphatic hydroxyl groups excluding tert-OH is 2. The van der Waals surface area contributed by atoms with Crippen LogP contribution in [0.5, 0.6) is 0 Å². The van der Waals surface area contributed by atoms with E-state index in [0.29, 0.717) is 6.54 Å². The van der Waals surface area contributed by atoms with Gasteiger partial charge in [-0.1, -0.05) is 18.2 Å². The SMILES string of the molecule is OCC(O)CN1CC=C(c2ccc(F)cc2)CC1. The van der Waals surface area contributed by atoms with Gasteiger partial charge in [-0.05, 0) is 29.7 Å². The van der Waals surface area contributed by atoms with Crippen molar-refractivity contribution in [3.05, 3.63) is 41.7 Å². The number of β-amino-alcohol motifs (C(OH)–C–C–N with tert-alkyl or cyclic N) is 1. The smallest absolute Gasteiger partial charge is 0.123 e. The number of hydrogen-bond acceptors (Lipinski definition) is 3. The molecule has 0 spiro atoms. The predicted molar refractivity (Wildman–Crippen MR) is 68.5 cm³/mol. The summed E-state index contributed by atoms with van der Waals surface area (Å²) in [6, 6.07) is 6.52. The molecule has 2 rings (SSSR count). The molecule has 0 radical (unpaired) electrons. The van der Waals surface area contributed by atoms with Gasteiger partial charge in [-0.25, -0.2) is 4.39 Å². The number of nitrogens with zero attached hydrogens (tertiary/aromatic N) is 1. The summed E-state index contributed by atoms with van der Waals surface area (Å²) in [5, 5.41) is 18.2. The molecule has 1 unspecified atom stereocenters. The topological polar surface area (TPSA) is 43.7 Å². The van der Waals surface area contributed by atoms with E-state index in [2.05, 4.69) is 11.0 Å². The van der Waals surface area contributed by atoms with Crippen molar-refractivity contribution in [1.29, 1.82) is 0 Å². The second-order valence-electron chi connectivity index (χ2n) is 4.58. The van der Waals surface area contributed by atoms with Crippen molar-refractivity contribution in [2.24, 2.45) is 0 Å². The van der Waals surface area contributed by atoms with Crippen LogP contribution < -0.4 is 0 Å². The Kier molecular flexibility index (Phi) is 4.47. The van der Waals surface area contributed by atoms with Crippen LogP contribution in [0.3, 0.4) is 0 Å². The molecule has 2 N–H and O–H groups in total. The summed E-state index contributed by atoms with van der Waals surface area (Å²) in [6.07, 6.45) is 2.30. The van der Waals surface area contributed by atoms with Gasteiger partial charge in [0.05, 0.1) is 12.7 Å². The Morgan fingerprint density at radius 2 is 2.00 bits per heavy atom. The number of aliphatic hydroxyl groups is 2. The van der Waals surface area contributed by atoms with E-state index in [4.69, 9.17) is 5.11 Å². The van der Waals surface area contributed by atoms with Crippen LogP contribution in [0.15, 0.2) is 30.3 Å². The third-order valence-corrected chi connectivity index (χ3v) is 3.19. The lowest BCUT2D eigenvalue weighted by molar-refractivity contribution is 0.0623. The number of benzene rings is 1. The Bertz CT molecular complexity index is 416. The fourth-order valence-corrected chi connectivity index (χ4v) is 2.16. The fourth-order valence-electron chi connectivity index (χ4n) is 2.16. The molecule has 1 aliphatic heterocycles. The molecule has 1 aromatic carbocycles. The van der Waals surface area contributed by atoms with Crippen LogP contribution in [0, 0.1) is 5.82 Å². The predicted octanol–water partition coefficient (Wildman–Crippen LogP) is 1.27. The van der Waals surface area contributed by atoms with Gasteiger partial charge in [0.15, 0.2) is 0 Å². The molecule has 18 heavy (non-hydrogen) atoms. The zero-order valence-electron chi connectivity index (χ0n) is 10.2.